The molecule has 1 saturated heterocycles. The minimum Gasteiger partial charge on any atom is -0.504 e. The summed E-state index contributed by atoms with van der Waals surface area (Å²) in [5.74, 6) is 0.999. The maximum atomic E-state index is 12.2. The molecule has 0 bridgehead atoms. The fraction of sp³-hybridized carbons (Fsp3) is 0.500. The molecular weight excluding hydrogens is 230 g/mol. The van der Waals surface area contributed by atoms with E-state index in [2.05, 4.69) is 6.92 Å². The largest absolute Gasteiger partial charge is 0.504 e. The van der Waals surface area contributed by atoms with Gasteiger partial charge in [0.05, 0.1) is 7.11 Å². The van der Waals surface area contributed by atoms with Crippen molar-refractivity contribution in [1.82, 2.24) is 4.90 Å². The molecule has 1 atom stereocenters. The molecule has 2 rings (SSSR count). The minimum atomic E-state index is -0.0103. The van der Waals surface area contributed by atoms with Gasteiger partial charge >= 0.3 is 0 Å². The van der Waals surface area contributed by atoms with Crippen LogP contribution in [-0.2, 0) is 0 Å². The number of carbonyl (C=O) groups excluding carboxylic acids is 1. The number of nitrogens with zero attached hydrogens (tertiary/aromatic N) is 1. The van der Waals surface area contributed by atoms with Crippen LogP contribution in [0.2, 0.25) is 0 Å². The lowest BCUT2D eigenvalue weighted by Gasteiger charge is -2.16. The molecule has 4 nitrogen and oxygen atoms in total. The monoisotopic (exact) mass is 249 g/mol. The van der Waals surface area contributed by atoms with Crippen LogP contribution in [0, 0.1) is 5.92 Å². The van der Waals surface area contributed by atoms with Crippen molar-refractivity contribution < 1.29 is 14.6 Å². The van der Waals surface area contributed by atoms with E-state index in [0.717, 1.165) is 25.9 Å². The van der Waals surface area contributed by atoms with Gasteiger partial charge in [0.15, 0.2) is 11.5 Å². The van der Waals surface area contributed by atoms with Crippen molar-refractivity contribution in [2.75, 3.05) is 20.2 Å². The highest BCUT2D eigenvalue weighted by Gasteiger charge is 2.26. The van der Waals surface area contributed by atoms with Gasteiger partial charge in [-0.2, -0.15) is 0 Å². The number of ether oxygens (including phenoxy) is 1. The van der Waals surface area contributed by atoms with E-state index in [0.29, 0.717) is 17.2 Å². The summed E-state index contributed by atoms with van der Waals surface area (Å²) in [4.78, 5) is 14.1. The molecule has 1 aliphatic rings. The van der Waals surface area contributed by atoms with Crippen LogP contribution in [0.1, 0.15) is 30.1 Å². The maximum Gasteiger partial charge on any atom is 0.254 e. The van der Waals surface area contributed by atoms with Crippen LogP contribution in [0.5, 0.6) is 11.5 Å². The Morgan fingerprint density at radius 1 is 1.56 bits per heavy atom. The zero-order chi connectivity index (χ0) is 13.1. The van der Waals surface area contributed by atoms with Crippen molar-refractivity contribution in [2.45, 2.75) is 19.8 Å². The zero-order valence-electron chi connectivity index (χ0n) is 10.8. The number of methoxy groups -OCH3 is 1. The predicted molar refractivity (Wildman–Crippen MR) is 69.0 cm³/mol. The minimum absolute atomic E-state index is 0.00888. The molecule has 0 aromatic heterocycles. The lowest BCUT2D eigenvalue weighted by atomic mass is 10.1. The summed E-state index contributed by atoms with van der Waals surface area (Å²) >= 11 is 0. The van der Waals surface area contributed by atoms with E-state index in [-0.39, 0.29) is 11.7 Å². The molecule has 1 heterocycles. The third kappa shape index (κ3) is 2.42. The van der Waals surface area contributed by atoms with Crippen LogP contribution >= 0.6 is 0 Å². The van der Waals surface area contributed by atoms with E-state index >= 15 is 0 Å². The van der Waals surface area contributed by atoms with E-state index in [1.807, 2.05) is 4.90 Å². The highest BCUT2D eigenvalue weighted by Crippen LogP contribution is 2.28. The Bertz CT molecular complexity index is 445. The summed E-state index contributed by atoms with van der Waals surface area (Å²) in [5, 5.41) is 9.69. The number of phenolic OH excluding ortho intramolecular Hbond substituents is 1. The van der Waals surface area contributed by atoms with Gasteiger partial charge in [0, 0.05) is 18.7 Å². The molecule has 1 aromatic rings. The van der Waals surface area contributed by atoms with E-state index in [1.165, 1.54) is 13.2 Å². The first-order chi connectivity index (χ1) is 8.65. The summed E-state index contributed by atoms with van der Waals surface area (Å²) in [5.41, 5.74) is 0.519. The second-order valence-electron chi connectivity index (χ2n) is 4.70. The average molecular weight is 249 g/mol. The summed E-state index contributed by atoms with van der Waals surface area (Å²) in [7, 11) is 1.49. The maximum absolute atomic E-state index is 12.2. The Kier molecular flexibility index (Phi) is 3.75. The van der Waals surface area contributed by atoms with Gasteiger partial charge in [0.2, 0.25) is 0 Å². The normalized spacial score (nSPS) is 19.0. The van der Waals surface area contributed by atoms with Crippen molar-refractivity contribution in [2.24, 2.45) is 5.92 Å². The first-order valence-corrected chi connectivity index (χ1v) is 6.32. The van der Waals surface area contributed by atoms with Crippen LogP contribution in [0.25, 0.3) is 0 Å². The lowest BCUT2D eigenvalue weighted by molar-refractivity contribution is 0.0786. The van der Waals surface area contributed by atoms with Crippen molar-refractivity contribution in [3.63, 3.8) is 0 Å². The molecule has 1 amide bonds. The lowest BCUT2D eigenvalue weighted by Crippen LogP contribution is -2.28. The third-order valence-corrected chi connectivity index (χ3v) is 3.58. The van der Waals surface area contributed by atoms with Gasteiger partial charge in [-0.15, -0.1) is 0 Å². The van der Waals surface area contributed by atoms with E-state index in [4.69, 9.17) is 4.74 Å². The van der Waals surface area contributed by atoms with Gasteiger partial charge in [0.25, 0.3) is 5.91 Å². The Morgan fingerprint density at radius 3 is 2.89 bits per heavy atom. The summed E-state index contributed by atoms with van der Waals surface area (Å²) in [6.45, 7) is 3.78. The second kappa shape index (κ2) is 5.29. The Labute approximate surface area is 107 Å². The number of phenols is 1. The molecule has 1 aromatic carbocycles. The summed E-state index contributed by atoms with van der Waals surface area (Å²) < 4.78 is 4.96. The predicted octanol–water partition coefficient (Wildman–Crippen LogP) is 2.27. The quantitative estimate of drug-likeness (QED) is 0.894. The molecular formula is C14H19NO3. The van der Waals surface area contributed by atoms with Crippen LogP contribution in [0.15, 0.2) is 18.2 Å². The molecule has 0 aliphatic carbocycles. The topological polar surface area (TPSA) is 49.8 Å². The second-order valence-corrected chi connectivity index (χ2v) is 4.70. The van der Waals surface area contributed by atoms with Crippen molar-refractivity contribution >= 4 is 5.91 Å². The van der Waals surface area contributed by atoms with Crippen molar-refractivity contribution in [3.8, 4) is 11.5 Å². The number of likely N-dealkylation sites (tertiary alicyclic amines) is 1. The number of carbonyl (C=O) groups is 1. The van der Waals surface area contributed by atoms with Crippen LogP contribution in [0.4, 0.5) is 0 Å². The zero-order valence-corrected chi connectivity index (χ0v) is 10.8. The number of aromatic hydroxyl groups is 1. The first-order valence-electron chi connectivity index (χ1n) is 6.32. The number of rotatable bonds is 3. The van der Waals surface area contributed by atoms with Crippen LogP contribution in [-0.4, -0.2) is 36.1 Å². The smallest absolute Gasteiger partial charge is 0.254 e. The Hall–Kier alpha value is -1.71. The van der Waals surface area contributed by atoms with Crippen LogP contribution in [0.3, 0.4) is 0 Å². The molecule has 4 heteroatoms. The number of benzene rings is 1. The van der Waals surface area contributed by atoms with Gasteiger partial charge in [-0.3, -0.25) is 4.79 Å². The molecule has 0 spiro atoms. The molecule has 0 saturated carbocycles. The Balaban J connectivity index is 2.12. The number of hydrogen-bond donors (Lipinski definition) is 1. The summed E-state index contributed by atoms with van der Waals surface area (Å²) in [6.07, 6.45) is 2.18. The highest BCUT2D eigenvalue weighted by molar-refractivity contribution is 5.95. The fourth-order valence-electron chi connectivity index (χ4n) is 2.36. The van der Waals surface area contributed by atoms with E-state index < -0.39 is 0 Å². The molecule has 1 unspecified atom stereocenters. The molecule has 0 radical (unpaired) electrons. The highest BCUT2D eigenvalue weighted by atomic mass is 16.5. The SMILES string of the molecule is CCC1CCN(C(=O)c2ccc(OC)c(O)c2)C1. The standard InChI is InChI=1S/C14H19NO3/c1-3-10-6-7-15(9-10)14(17)11-4-5-13(18-2)12(16)8-11/h4-5,8,10,16H,3,6-7,9H2,1-2H3. The average Bonchev–Trinajstić information content (AvgIpc) is 2.86. The molecule has 1 N–H and O–H groups in total. The van der Waals surface area contributed by atoms with Crippen molar-refractivity contribution in [1.29, 1.82) is 0 Å². The van der Waals surface area contributed by atoms with Crippen molar-refractivity contribution in [3.05, 3.63) is 23.8 Å². The third-order valence-electron chi connectivity index (χ3n) is 3.58. The van der Waals surface area contributed by atoms with E-state index in [9.17, 15) is 9.90 Å². The molecule has 98 valence electrons. The Morgan fingerprint density at radius 2 is 2.33 bits per heavy atom. The van der Waals surface area contributed by atoms with Gasteiger partial charge in [-0.25, -0.2) is 0 Å². The number of amides is 1. The van der Waals surface area contributed by atoms with E-state index in [1.54, 1.807) is 12.1 Å². The van der Waals surface area contributed by atoms with Gasteiger partial charge in [-0.1, -0.05) is 13.3 Å². The first kappa shape index (κ1) is 12.7. The summed E-state index contributed by atoms with van der Waals surface area (Å²) in [6, 6.07) is 4.79. The van der Waals surface area contributed by atoms with Gasteiger partial charge < -0.3 is 14.7 Å². The number of hydrogen-bond acceptors (Lipinski definition) is 3. The van der Waals surface area contributed by atoms with Gasteiger partial charge in [0.1, 0.15) is 0 Å². The molecule has 18 heavy (non-hydrogen) atoms. The van der Waals surface area contributed by atoms with Crippen LogP contribution < -0.4 is 4.74 Å². The molecule has 1 fully saturated rings. The van der Waals surface area contributed by atoms with Gasteiger partial charge in [-0.05, 0) is 30.5 Å². The fourth-order valence-corrected chi connectivity index (χ4v) is 2.36. The molecule has 1 aliphatic heterocycles.